The highest BCUT2D eigenvalue weighted by Gasteiger charge is 2.28. The predicted molar refractivity (Wildman–Crippen MR) is 367 cm³/mol. The first-order valence-electron chi connectivity index (χ1n) is 28.0. The number of anilines is 6. The molecule has 0 amide bonds. The van der Waals surface area contributed by atoms with Crippen LogP contribution < -0.4 is 9.80 Å². The zero-order chi connectivity index (χ0) is 56.7. The van der Waals surface area contributed by atoms with Crippen molar-refractivity contribution in [1.29, 1.82) is 0 Å². The molecule has 2 nitrogen and oxygen atoms in total. The van der Waals surface area contributed by atoms with Crippen molar-refractivity contribution < 1.29 is 0 Å². The Morgan fingerprint density at radius 3 is 0.949 bits per heavy atom. The second-order valence-corrected chi connectivity index (χ2v) is 42.0. The number of rotatable bonds is 15. The third-order valence-corrected chi connectivity index (χ3v) is 24.6. The minimum Gasteiger partial charge on any atom is -0.310 e. The van der Waals surface area contributed by atoms with E-state index in [0.29, 0.717) is 0 Å². The fraction of sp³-hybridized carbons (Fsp3) is 0.288. The molecular weight excluding hydrogens is 1030 g/mol. The standard InChI is InChI=1S/C73H86N2S4/c1-19-79(17,18)61-34-26-53(27-35-61)55-23-21-51(7)69(45-55)75(57-30-38-60(39-31-57)78(14,15)16)71-47-67(49(4)5)63-40-42-64-70(46-66(48(2)3)62-41-43-65(71)73(63)72(62)64)74(56-28-36-59(37-29-56)77(11,12)13)68-44-54(22-20-50(68)6)52-24-32-58(33-25-52)76(8,9)10/h20-49H,19H2,1-18H3. The number of nitrogens with zero attached hydrogens (tertiary/aromatic N) is 2. The number of hydrogen-bond donors (Lipinski definition) is 0. The summed E-state index contributed by atoms with van der Waals surface area (Å²) in [6.07, 6.45) is 26.3. The second-order valence-electron chi connectivity index (χ2n) is 25.4. The molecule has 79 heavy (non-hydrogen) atoms. The highest BCUT2D eigenvalue weighted by molar-refractivity contribution is 8.33. The smallest absolute Gasteiger partial charge is 0.0543 e. The average molecular weight is 1120 g/mol. The van der Waals surface area contributed by atoms with Crippen LogP contribution in [0.4, 0.5) is 34.1 Å². The van der Waals surface area contributed by atoms with Crippen LogP contribution in [0.2, 0.25) is 0 Å². The topological polar surface area (TPSA) is 6.48 Å². The molecule has 0 aliphatic heterocycles. The Hall–Kier alpha value is -5.76. The summed E-state index contributed by atoms with van der Waals surface area (Å²) in [5.74, 6) is 1.71. The fourth-order valence-electron chi connectivity index (χ4n) is 11.5. The maximum Gasteiger partial charge on any atom is 0.0543 e. The molecule has 412 valence electrons. The van der Waals surface area contributed by atoms with Crippen molar-refractivity contribution in [3.63, 3.8) is 0 Å². The monoisotopic (exact) mass is 1120 g/mol. The van der Waals surface area contributed by atoms with E-state index < -0.39 is 40.1 Å². The van der Waals surface area contributed by atoms with E-state index in [0.717, 1.165) is 0 Å². The van der Waals surface area contributed by atoms with E-state index in [1.54, 1.807) is 0 Å². The summed E-state index contributed by atoms with van der Waals surface area (Å²) >= 11 is 0. The van der Waals surface area contributed by atoms with Crippen molar-refractivity contribution in [2.24, 2.45) is 0 Å². The molecule has 0 saturated heterocycles. The van der Waals surface area contributed by atoms with Crippen LogP contribution in [-0.2, 0) is 0 Å². The molecule has 0 saturated carbocycles. The van der Waals surface area contributed by atoms with Gasteiger partial charge in [-0.25, -0.2) is 40.1 Å². The summed E-state index contributed by atoms with van der Waals surface area (Å²) in [6, 6.07) is 67.0. The molecule has 10 aromatic rings. The Bertz CT molecular complexity index is 3850. The van der Waals surface area contributed by atoms with Crippen molar-refractivity contribution >= 4 is 107 Å². The van der Waals surface area contributed by atoms with E-state index in [1.807, 2.05) is 0 Å². The van der Waals surface area contributed by atoms with E-state index in [4.69, 9.17) is 0 Å². The van der Waals surface area contributed by atoms with Gasteiger partial charge in [-0.3, -0.25) is 0 Å². The summed E-state index contributed by atoms with van der Waals surface area (Å²) in [5.41, 5.74) is 17.3. The Kier molecular flexibility index (Phi) is 15.2. The summed E-state index contributed by atoms with van der Waals surface area (Å²) in [5, 5.41) is 7.85. The maximum atomic E-state index is 2.59. The van der Waals surface area contributed by atoms with Gasteiger partial charge in [0.05, 0.1) is 11.4 Å². The minimum absolute atomic E-state index is 0.269. The summed E-state index contributed by atoms with van der Waals surface area (Å²) in [4.78, 5) is 10.9. The van der Waals surface area contributed by atoms with Crippen molar-refractivity contribution in [1.82, 2.24) is 0 Å². The predicted octanol–water partition coefficient (Wildman–Crippen LogP) is 22.3. The summed E-state index contributed by atoms with van der Waals surface area (Å²) in [6.45, 7) is 16.4. The van der Waals surface area contributed by atoms with Crippen LogP contribution in [0.3, 0.4) is 0 Å². The lowest BCUT2D eigenvalue weighted by Crippen LogP contribution is -2.14. The molecular formula is C73H86N2S4. The second kappa shape index (κ2) is 21.3. The normalized spacial score (nSPS) is 13.5. The van der Waals surface area contributed by atoms with Gasteiger partial charge in [0.1, 0.15) is 0 Å². The molecule has 0 heterocycles. The third-order valence-electron chi connectivity index (χ3n) is 16.6. The lowest BCUT2D eigenvalue weighted by Gasteiger charge is -2.33. The summed E-state index contributed by atoms with van der Waals surface area (Å²) < 4.78 is 0. The fourth-order valence-corrected chi connectivity index (χ4v) is 15.5. The van der Waals surface area contributed by atoms with E-state index in [9.17, 15) is 0 Å². The molecule has 0 radical (unpaired) electrons. The zero-order valence-electron chi connectivity index (χ0n) is 50.6. The minimum atomic E-state index is -0.946. The first-order valence-corrected chi connectivity index (χ1v) is 39.2. The van der Waals surface area contributed by atoms with Crippen LogP contribution in [0, 0.1) is 13.8 Å². The van der Waals surface area contributed by atoms with E-state index in [-0.39, 0.29) is 11.8 Å². The number of hydrogen-bond acceptors (Lipinski definition) is 2. The molecule has 0 fully saturated rings. The van der Waals surface area contributed by atoms with E-state index in [2.05, 4.69) is 297 Å². The molecule has 6 heteroatoms. The quantitative estimate of drug-likeness (QED) is 0.0944. The molecule has 10 aromatic carbocycles. The number of benzene rings is 10. The van der Waals surface area contributed by atoms with Gasteiger partial charge in [0, 0.05) is 33.5 Å². The highest BCUT2D eigenvalue weighted by Crippen LogP contribution is 2.55. The molecule has 0 spiro atoms. The SMILES string of the molecule is CCS(C)(C)c1ccc(-c2ccc(C)c(N(c3ccc(S(C)(C)C)cc3)c3cc(C(C)C)c4ccc5c(N(c6ccc(S(C)(C)C)cc6)c6cc(-c7ccc(S(C)(C)C)cc7)ccc6C)cc(C(C)C)c6ccc3c4c65)c2)cc1. The van der Waals surface area contributed by atoms with Gasteiger partial charge < -0.3 is 9.80 Å². The maximum absolute atomic E-state index is 2.59. The van der Waals surface area contributed by atoms with Gasteiger partial charge in [0.2, 0.25) is 0 Å². The Morgan fingerprint density at radius 1 is 0.329 bits per heavy atom. The van der Waals surface area contributed by atoms with Gasteiger partial charge in [-0.2, -0.15) is 0 Å². The zero-order valence-corrected chi connectivity index (χ0v) is 53.8. The lowest BCUT2D eigenvalue weighted by molar-refractivity contribution is 0.875. The Labute approximate surface area is 481 Å². The molecule has 0 N–H and O–H groups in total. The van der Waals surface area contributed by atoms with Crippen molar-refractivity contribution in [2.75, 3.05) is 84.4 Å². The van der Waals surface area contributed by atoms with E-state index in [1.165, 1.54) is 136 Å². The first-order chi connectivity index (χ1) is 37.2. The molecule has 0 aromatic heterocycles. The highest BCUT2D eigenvalue weighted by atomic mass is 32.3. The lowest BCUT2D eigenvalue weighted by atomic mass is 9.84. The van der Waals surface area contributed by atoms with Gasteiger partial charge in [0.15, 0.2) is 0 Å². The van der Waals surface area contributed by atoms with Gasteiger partial charge in [-0.1, -0.05) is 107 Å². The molecule has 0 unspecified atom stereocenters. The van der Waals surface area contributed by atoms with Crippen LogP contribution in [-0.4, -0.2) is 74.6 Å². The first kappa shape index (κ1) is 56.5. The van der Waals surface area contributed by atoms with Crippen LogP contribution in [0.25, 0.3) is 54.6 Å². The Morgan fingerprint density at radius 2 is 0.633 bits per heavy atom. The van der Waals surface area contributed by atoms with Crippen molar-refractivity contribution in [3.8, 4) is 22.3 Å². The molecule has 0 aliphatic rings. The van der Waals surface area contributed by atoms with Crippen molar-refractivity contribution in [2.45, 2.75) is 79.9 Å². The van der Waals surface area contributed by atoms with Crippen molar-refractivity contribution in [3.05, 3.63) is 192 Å². The summed E-state index contributed by atoms with van der Waals surface area (Å²) in [7, 11) is -3.58. The van der Waals surface area contributed by atoms with Gasteiger partial charge in [-0.15, -0.1) is 0 Å². The van der Waals surface area contributed by atoms with Crippen LogP contribution in [0.1, 0.15) is 68.7 Å². The largest absolute Gasteiger partial charge is 0.310 e. The van der Waals surface area contributed by atoms with Gasteiger partial charge in [-0.05, 0) is 283 Å². The third kappa shape index (κ3) is 10.9. The molecule has 0 bridgehead atoms. The van der Waals surface area contributed by atoms with Crippen LogP contribution in [0.5, 0.6) is 0 Å². The molecule has 0 atom stereocenters. The Balaban J connectivity index is 1.27. The average Bonchev–Trinajstić information content (AvgIpc) is 2.79. The van der Waals surface area contributed by atoms with Gasteiger partial charge in [0.25, 0.3) is 0 Å². The van der Waals surface area contributed by atoms with Gasteiger partial charge >= 0.3 is 0 Å². The molecule has 0 aliphatic carbocycles. The van der Waals surface area contributed by atoms with Crippen LogP contribution >= 0.6 is 40.1 Å². The molecule has 10 rings (SSSR count). The number of aryl methyl sites for hydroxylation is 2. The van der Waals surface area contributed by atoms with Crippen LogP contribution in [0.15, 0.2) is 189 Å². The van der Waals surface area contributed by atoms with E-state index >= 15 is 0 Å².